The zero-order valence-corrected chi connectivity index (χ0v) is 26.3. The summed E-state index contributed by atoms with van der Waals surface area (Å²) in [5, 5.41) is 43.1. The van der Waals surface area contributed by atoms with Gasteiger partial charge in [0.15, 0.2) is 12.1 Å². The molecule has 1 fully saturated rings. The molecule has 2 aliphatic heterocycles. The van der Waals surface area contributed by atoms with Gasteiger partial charge >= 0.3 is 5.97 Å². The minimum absolute atomic E-state index is 0.0961. The van der Waals surface area contributed by atoms with Crippen molar-refractivity contribution in [3.8, 4) is 0 Å². The van der Waals surface area contributed by atoms with Gasteiger partial charge in [-0.15, -0.1) is 0 Å². The third kappa shape index (κ3) is 9.65. The fourth-order valence-electron chi connectivity index (χ4n) is 6.07. The number of likely N-dealkylation sites (N-methyl/N-ethyl adjacent to an activating group) is 1. The molecule has 42 heavy (non-hydrogen) atoms. The molecule has 11 nitrogen and oxygen atoms in total. The molecule has 2 rings (SSSR count). The molecule has 0 amide bonds. The third-order valence-corrected chi connectivity index (χ3v) is 8.70. The number of aliphatic hydroxyl groups excluding tert-OH is 4. The number of hydrogen-bond acceptors (Lipinski definition) is 11. The number of allylic oxidation sites excluding steroid dienone is 3. The molecule has 0 aromatic rings. The summed E-state index contributed by atoms with van der Waals surface area (Å²) in [4.78, 5) is 27.9. The molecule has 0 bridgehead atoms. The van der Waals surface area contributed by atoms with Crippen molar-refractivity contribution in [2.75, 3.05) is 27.2 Å². The van der Waals surface area contributed by atoms with E-state index in [0.29, 0.717) is 19.3 Å². The van der Waals surface area contributed by atoms with Crippen molar-refractivity contribution in [3.05, 3.63) is 23.8 Å². The van der Waals surface area contributed by atoms with Crippen LogP contribution >= 0.6 is 0 Å². The number of hydrogen-bond donors (Lipinski definition) is 5. The van der Waals surface area contributed by atoms with Gasteiger partial charge in [-0.3, -0.25) is 9.59 Å². The molecule has 0 aromatic heterocycles. The highest BCUT2D eigenvalue weighted by Crippen LogP contribution is 2.34. The van der Waals surface area contributed by atoms with E-state index in [0.717, 1.165) is 5.57 Å². The van der Waals surface area contributed by atoms with Crippen LogP contribution < -0.4 is 5.73 Å². The number of ether oxygens (including phenoxy) is 3. The summed E-state index contributed by atoms with van der Waals surface area (Å²) in [6.45, 7) is 8.97. The van der Waals surface area contributed by atoms with Crippen LogP contribution in [0.25, 0.3) is 0 Å². The number of nitrogens with two attached hydrogens (primary N) is 1. The number of aliphatic hydroxyl groups is 4. The molecule has 0 aliphatic carbocycles. The van der Waals surface area contributed by atoms with Gasteiger partial charge in [0.05, 0.1) is 43.5 Å². The molecule has 12 atom stereocenters. The van der Waals surface area contributed by atoms with Crippen LogP contribution in [0.15, 0.2) is 23.8 Å². The average Bonchev–Trinajstić information content (AvgIpc) is 2.93. The van der Waals surface area contributed by atoms with Crippen molar-refractivity contribution >= 4 is 11.8 Å². The number of ketones is 1. The monoisotopic (exact) mass is 598 g/mol. The normalized spacial score (nSPS) is 41.7. The second-order valence-electron chi connectivity index (χ2n) is 12.3. The van der Waals surface area contributed by atoms with Crippen molar-refractivity contribution in [1.29, 1.82) is 0 Å². The van der Waals surface area contributed by atoms with E-state index < -0.39 is 72.7 Å². The Labute approximate surface area is 250 Å². The molecular formula is C31H54N2O9. The highest BCUT2D eigenvalue weighted by molar-refractivity contribution is 5.91. The Bertz CT molecular complexity index is 926. The van der Waals surface area contributed by atoms with Crippen LogP contribution in [-0.2, 0) is 23.8 Å². The predicted molar refractivity (Wildman–Crippen MR) is 158 cm³/mol. The van der Waals surface area contributed by atoms with Crippen LogP contribution in [-0.4, -0.2) is 113 Å². The Morgan fingerprint density at radius 1 is 1.10 bits per heavy atom. The first-order valence-corrected chi connectivity index (χ1v) is 15.2. The Kier molecular flexibility index (Phi) is 14.7. The second-order valence-corrected chi connectivity index (χ2v) is 12.3. The summed E-state index contributed by atoms with van der Waals surface area (Å²) in [5.41, 5.74) is 6.75. The van der Waals surface area contributed by atoms with Gasteiger partial charge in [-0.2, -0.15) is 0 Å². The molecule has 0 spiro atoms. The van der Waals surface area contributed by atoms with Crippen molar-refractivity contribution in [3.63, 3.8) is 0 Å². The fourth-order valence-corrected chi connectivity index (χ4v) is 6.07. The highest BCUT2D eigenvalue weighted by atomic mass is 16.7. The van der Waals surface area contributed by atoms with Crippen LogP contribution in [0.1, 0.15) is 60.3 Å². The van der Waals surface area contributed by atoms with Crippen molar-refractivity contribution in [2.45, 2.75) is 109 Å². The van der Waals surface area contributed by atoms with Crippen LogP contribution in [0, 0.1) is 23.7 Å². The first-order chi connectivity index (χ1) is 19.7. The van der Waals surface area contributed by atoms with Crippen molar-refractivity contribution in [2.24, 2.45) is 29.4 Å². The van der Waals surface area contributed by atoms with E-state index in [-0.39, 0.29) is 31.3 Å². The van der Waals surface area contributed by atoms with Gasteiger partial charge in [0.25, 0.3) is 0 Å². The number of carbonyl (C=O) groups excluding carboxylic acids is 2. The zero-order chi connectivity index (χ0) is 31.7. The average molecular weight is 599 g/mol. The molecule has 0 radical (unpaired) electrons. The molecule has 0 aromatic carbocycles. The Hall–Kier alpha value is -1.70. The lowest BCUT2D eigenvalue weighted by Crippen LogP contribution is -2.63. The van der Waals surface area contributed by atoms with Gasteiger partial charge in [0.2, 0.25) is 0 Å². The fraction of sp³-hybridized carbons (Fsp3) is 0.806. The molecule has 242 valence electrons. The standard InChI is InChI=1S/C31H54N2O9/c1-8-25-22(16-34)13-17(2)9-10-23(35)18(3)14-21(11-12-32)30(19(4)24(36)15-26(37)41-25)42-31-29(39)27(33(6)7)28(38)20(5)40-31/h9-10,13,18-22,24-25,27-31,34,36,38-39H,8,11-12,14-16,32H2,1-7H3/b10-9+,17-13+/t18-,19+,20-,21+,22-,24-,25-,27?,28?,29?,30-,31+/m1/s1. The van der Waals surface area contributed by atoms with E-state index in [1.54, 1.807) is 45.0 Å². The Morgan fingerprint density at radius 3 is 2.33 bits per heavy atom. The summed E-state index contributed by atoms with van der Waals surface area (Å²) in [6, 6.07) is -0.666. The van der Waals surface area contributed by atoms with Gasteiger partial charge in [-0.1, -0.05) is 38.5 Å². The minimum Gasteiger partial charge on any atom is -0.462 e. The van der Waals surface area contributed by atoms with Crippen LogP contribution in [0.3, 0.4) is 0 Å². The predicted octanol–water partition coefficient (Wildman–Crippen LogP) is 1.16. The number of nitrogens with zero attached hydrogens (tertiary/aromatic N) is 1. The minimum atomic E-state index is -1.21. The zero-order valence-electron chi connectivity index (χ0n) is 26.3. The molecule has 11 heteroatoms. The maximum absolute atomic E-state index is 13.2. The smallest absolute Gasteiger partial charge is 0.308 e. The summed E-state index contributed by atoms with van der Waals surface area (Å²) in [5.74, 6) is -2.57. The lowest BCUT2D eigenvalue weighted by atomic mass is 9.79. The molecule has 3 unspecified atom stereocenters. The summed E-state index contributed by atoms with van der Waals surface area (Å²) in [7, 11) is 3.49. The number of cyclic esters (lactones) is 1. The van der Waals surface area contributed by atoms with Crippen LogP contribution in [0.2, 0.25) is 0 Å². The summed E-state index contributed by atoms with van der Waals surface area (Å²) < 4.78 is 18.1. The molecule has 1 saturated heterocycles. The van der Waals surface area contributed by atoms with Crippen molar-refractivity contribution < 1.29 is 44.2 Å². The van der Waals surface area contributed by atoms with Gasteiger partial charge < -0.3 is 45.3 Å². The maximum Gasteiger partial charge on any atom is 0.308 e. The number of esters is 1. The molecule has 2 aliphatic rings. The summed E-state index contributed by atoms with van der Waals surface area (Å²) >= 11 is 0. The lowest BCUT2D eigenvalue weighted by molar-refractivity contribution is -0.304. The first kappa shape index (κ1) is 36.5. The van der Waals surface area contributed by atoms with E-state index in [1.807, 2.05) is 20.8 Å². The first-order valence-electron chi connectivity index (χ1n) is 15.2. The van der Waals surface area contributed by atoms with Gasteiger partial charge in [0.1, 0.15) is 12.2 Å². The molecule has 6 N–H and O–H groups in total. The largest absolute Gasteiger partial charge is 0.462 e. The highest BCUT2D eigenvalue weighted by Gasteiger charge is 2.47. The van der Waals surface area contributed by atoms with E-state index in [9.17, 15) is 30.0 Å². The maximum atomic E-state index is 13.2. The summed E-state index contributed by atoms with van der Waals surface area (Å²) in [6.07, 6.45) is -0.547. The lowest BCUT2D eigenvalue weighted by Gasteiger charge is -2.46. The van der Waals surface area contributed by atoms with E-state index >= 15 is 0 Å². The molecule has 0 saturated carbocycles. The van der Waals surface area contributed by atoms with Gasteiger partial charge in [0, 0.05) is 17.8 Å². The van der Waals surface area contributed by atoms with E-state index in [2.05, 4.69) is 0 Å². The SMILES string of the molecule is CC[C@H]1OC(=O)C[C@@H](O)[C@H](C)[C@@H](O[C@@H]2O[C@H](C)C(O)C(N(C)C)C2O)[C@@H](CCN)C[C@@H](C)C(=O)/C=C/C(C)=C/[C@@H]1CO. The Morgan fingerprint density at radius 2 is 1.76 bits per heavy atom. The van der Waals surface area contributed by atoms with Crippen molar-refractivity contribution in [1.82, 2.24) is 4.90 Å². The van der Waals surface area contributed by atoms with Crippen LogP contribution in [0.4, 0.5) is 0 Å². The van der Waals surface area contributed by atoms with E-state index in [4.69, 9.17) is 19.9 Å². The van der Waals surface area contributed by atoms with Gasteiger partial charge in [-0.25, -0.2) is 0 Å². The number of carbonyl (C=O) groups is 2. The quantitative estimate of drug-likeness (QED) is 0.266. The molecule has 2 heterocycles. The topological polar surface area (TPSA) is 172 Å². The molecular weight excluding hydrogens is 544 g/mol. The second kappa shape index (κ2) is 17.0. The number of rotatable bonds is 7. The van der Waals surface area contributed by atoms with Gasteiger partial charge in [-0.05, 0) is 65.7 Å². The van der Waals surface area contributed by atoms with E-state index in [1.165, 1.54) is 6.08 Å². The van der Waals surface area contributed by atoms with Crippen LogP contribution in [0.5, 0.6) is 0 Å². The third-order valence-electron chi connectivity index (χ3n) is 8.70. The Balaban J connectivity index is 2.51.